The monoisotopic (exact) mass is 277 g/mol. The van der Waals surface area contributed by atoms with Crippen LogP contribution in [0.3, 0.4) is 0 Å². The quantitative estimate of drug-likeness (QED) is 0.653. The molecular weight excluding hydrogens is 254 g/mol. The van der Waals surface area contributed by atoms with Crippen LogP contribution in [0.25, 0.3) is 0 Å². The van der Waals surface area contributed by atoms with E-state index in [1.165, 1.54) is 0 Å². The van der Waals surface area contributed by atoms with E-state index in [1.807, 2.05) is 11.9 Å². The Morgan fingerprint density at radius 3 is 2.07 bits per heavy atom. The van der Waals surface area contributed by atoms with Crippen LogP contribution in [0, 0.1) is 5.92 Å². The second-order valence-corrected chi connectivity index (χ2v) is 5.84. The molecule has 3 heteroatoms. The normalized spacial score (nSPS) is 12.9. The molecule has 90 valence electrons. The molecule has 0 heterocycles. The molecule has 0 N–H and O–H groups in total. The van der Waals surface area contributed by atoms with E-state index in [4.69, 9.17) is 0 Å². The van der Waals surface area contributed by atoms with Gasteiger partial charge in [0.25, 0.3) is 0 Å². The summed E-state index contributed by atoms with van der Waals surface area (Å²) in [5, 5.41) is 0. The fourth-order valence-electron chi connectivity index (χ4n) is 1.87. The van der Waals surface area contributed by atoms with Crippen LogP contribution in [-0.4, -0.2) is 29.2 Å². The molecular formula is C12H24BrNO. The maximum Gasteiger partial charge on any atom is 0.225 e. The summed E-state index contributed by atoms with van der Waals surface area (Å²) in [5.41, 5.74) is 0. The van der Waals surface area contributed by atoms with E-state index >= 15 is 0 Å². The average Bonchev–Trinajstić information content (AvgIpc) is 2.15. The number of hydrogen-bond donors (Lipinski definition) is 0. The lowest BCUT2D eigenvalue weighted by molar-refractivity contribution is -0.134. The van der Waals surface area contributed by atoms with Gasteiger partial charge in [-0.1, -0.05) is 49.5 Å². The third-order valence-electron chi connectivity index (χ3n) is 2.53. The summed E-state index contributed by atoms with van der Waals surface area (Å²) < 4.78 is 0. The maximum atomic E-state index is 12.1. The van der Waals surface area contributed by atoms with Crippen LogP contribution in [0.2, 0.25) is 0 Å². The molecule has 1 amide bonds. The van der Waals surface area contributed by atoms with E-state index < -0.39 is 0 Å². The summed E-state index contributed by atoms with van der Waals surface area (Å²) in [4.78, 5) is 14.3. The van der Waals surface area contributed by atoms with E-state index in [-0.39, 0.29) is 5.92 Å². The second-order valence-electron chi connectivity index (χ2n) is 4.27. The number of nitrogens with zero attached hydrogens (tertiary/aromatic N) is 1. The molecule has 0 rings (SSSR count). The van der Waals surface area contributed by atoms with Gasteiger partial charge in [0, 0.05) is 24.3 Å². The van der Waals surface area contributed by atoms with Crippen molar-refractivity contribution in [2.24, 2.45) is 5.92 Å². The van der Waals surface area contributed by atoms with Crippen molar-refractivity contribution in [3.63, 3.8) is 0 Å². The number of hydrogen-bond acceptors (Lipinski definition) is 1. The van der Waals surface area contributed by atoms with Gasteiger partial charge in [0.2, 0.25) is 5.91 Å². The Labute approximate surface area is 103 Å². The summed E-state index contributed by atoms with van der Waals surface area (Å²) in [5.74, 6) is 0.543. The van der Waals surface area contributed by atoms with Gasteiger partial charge in [-0.3, -0.25) is 4.79 Å². The van der Waals surface area contributed by atoms with Crippen molar-refractivity contribution < 1.29 is 4.79 Å². The van der Waals surface area contributed by atoms with Crippen molar-refractivity contribution in [1.82, 2.24) is 4.90 Å². The van der Waals surface area contributed by atoms with Gasteiger partial charge < -0.3 is 4.90 Å². The molecule has 2 nitrogen and oxygen atoms in total. The lowest BCUT2D eigenvalue weighted by Crippen LogP contribution is -2.36. The van der Waals surface area contributed by atoms with E-state index in [1.54, 1.807) is 0 Å². The molecule has 0 fully saturated rings. The summed E-state index contributed by atoms with van der Waals surface area (Å²) >= 11 is 3.48. The summed E-state index contributed by atoms with van der Waals surface area (Å²) in [7, 11) is 1.90. The number of carbonyl (C=O) groups is 1. The fraction of sp³-hybridized carbons (Fsp3) is 0.917. The first-order valence-electron chi connectivity index (χ1n) is 5.91. The molecule has 0 radical (unpaired) electrons. The van der Waals surface area contributed by atoms with E-state index in [0.717, 1.165) is 32.2 Å². The van der Waals surface area contributed by atoms with Crippen molar-refractivity contribution in [2.75, 3.05) is 13.6 Å². The van der Waals surface area contributed by atoms with Gasteiger partial charge in [-0.15, -0.1) is 0 Å². The molecule has 0 saturated carbocycles. The summed E-state index contributed by atoms with van der Waals surface area (Å²) in [6, 6.07) is 0. The van der Waals surface area contributed by atoms with Crippen LogP contribution in [-0.2, 0) is 4.79 Å². The van der Waals surface area contributed by atoms with E-state index in [9.17, 15) is 4.79 Å². The Morgan fingerprint density at radius 2 is 1.73 bits per heavy atom. The average molecular weight is 278 g/mol. The minimum Gasteiger partial charge on any atom is -0.344 e. The molecule has 0 aromatic heterocycles. The van der Waals surface area contributed by atoms with Crippen LogP contribution < -0.4 is 0 Å². The molecule has 0 aliphatic carbocycles. The summed E-state index contributed by atoms with van der Waals surface area (Å²) in [6.45, 7) is 7.15. The van der Waals surface area contributed by atoms with Crippen molar-refractivity contribution in [2.45, 2.75) is 51.3 Å². The number of amides is 1. The first-order valence-corrected chi connectivity index (χ1v) is 6.83. The zero-order chi connectivity index (χ0) is 11.8. The van der Waals surface area contributed by atoms with E-state index in [0.29, 0.717) is 10.7 Å². The molecule has 0 aliphatic heterocycles. The molecule has 0 spiro atoms. The van der Waals surface area contributed by atoms with Crippen molar-refractivity contribution in [1.29, 1.82) is 0 Å². The standard InChI is InChI=1S/C12H24BrNO/c1-5-7-11(8-6-2)12(15)14(4)9-10(3)13/h10-11H,5-9H2,1-4H3. The number of halogens is 1. The third-order valence-corrected chi connectivity index (χ3v) is 2.81. The molecule has 15 heavy (non-hydrogen) atoms. The first-order chi connectivity index (χ1) is 7.02. The Balaban J connectivity index is 4.21. The Morgan fingerprint density at radius 1 is 1.27 bits per heavy atom. The number of alkyl halides is 1. The van der Waals surface area contributed by atoms with Crippen molar-refractivity contribution >= 4 is 21.8 Å². The highest BCUT2D eigenvalue weighted by Gasteiger charge is 2.20. The van der Waals surface area contributed by atoms with Gasteiger partial charge in [0.05, 0.1) is 0 Å². The number of rotatable bonds is 7. The molecule has 0 saturated heterocycles. The predicted molar refractivity (Wildman–Crippen MR) is 69.3 cm³/mol. The molecule has 0 aromatic rings. The van der Waals surface area contributed by atoms with Gasteiger partial charge in [-0.05, 0) is 12.8 Å². The van der Waals surface area contributed by atoms with Gasteiger partial charge in [-0.25, -0.2) is 0 Å². The zero-order valence-electron chi connectivity index (χ0n) is 10.4. The topological polar surface area (TPSA) is 20.3 Å². The highest BCUT2D eigenvalue weighted by atomic mass is 79.9. The van der Waals surface area contributed by atoms with Crippen LogP contribution in [0.5, 0.6) is 0 Å². The molecule has 1 unspecified atom stereocenters. The molecule has 0 aromatic carbocycles. The van der Waals surface area contributed by atoms with Crippen molar-refractivity contribution in [3.05, 3.63) is 0 Å². The van der Waals surface area contributed by atoms with Crippen LogP contribution in [0.15, 0.2) is 0 Å². The predicted octanol–water partition coefficient (Wildman–Crippen LogP) is 3.44. The van der Waals surface area contributed by atoms with Crippen LogP contribution in [0.4, 0.5) is 0 Å². The van der Waals surface area contributed by atoms with Gasteiger partial charge in [-0.2, -0.15) is 0 Å². The zero-order valence-corrected chi connectivity index (χ0v) is 12.0. The van der Waals surface area contributed by atoms with E-state index in [2.05, 4.69) is 36.7 Å². The van der Waals surface area contributed by atoms with Crippen molar-refractivity contribution in [3.8, 4) is 0 Å². The van der Waals surface area contributed by atoms with Crippen LogP contribution in [0.1, 0.15) is 46.5 Å². The van der Waals surface area contributed by atoms with Gasteiger partial charge in [0.15, 0.2) is 0 Å². The Bertz CT molecular complexity index is 176. The Hall–Kier alpha value is -0.0500. The highest BCUT2D eigenvalue weighted by Crippen LogP contribution is 2.16. The molecule has 0 bridgehead atoms. The first kappa shape index (κ1) is 14.9. The highest BCUT2D eigenvalue weighted by molar-refractivity contribution is 9.09. The minimum absolute atomic E-state index is 0.233. The molecule has 1 atom stereocenters. The van der Waals surface area contributed by atoms with Crippen LogP contribution >= 0.6 is 15.9 Å². The third kappa shape index (κ3) is 6.18. The van der Waals surface area contributed by atoms with Gasteiger partial charge >= 0.3 is 0 Å². The largest absolute Gasteiger partial charge is 0.344 e. The lowest BCUT2D eigenvalue weighted by Gasteiger charge is -2.24. The SMILES string of the molecule is CCCC(CCC)C(=O)N(C)CC(C)Br. The second kappa shape index (κ2) is 8.14. The maximum absolute atomic E-state index is 12.1. The smallest absolute Gasteiger partial charge is 0.225 e. The Kier molecular flexibility index (Phi) is 8.12. The summed E-state index contributed by atoms with van der Waals surface area (Å²) in [6.07, 6.45) is 4.23. The molecule has 0 aliphatic rings. The fourth-order valence-corrected chi connectivity index (χ4v) is 2.30. The van der Waals surface area contributed by atoms with Gasteiger partial charge in [0.1, 0.15) is 0 Å². The lowest BCUT2D eigenvalue weighted by atomic mass is 9.97. The minimum atomic E-state index is 0.233. The number of carbonyl (C=O) groups excluding carboxylic acids is 1.